The van der Waals surface area contributed by atoms with Gasteiger partial charge < -0.3 is 4.90 Å². The molecular weight excluding hydrogens is 420 g/mol. The molecule has 1 aromatic carbocycles. The minimum atomic E-state index is -0.668. The highest BCUT2D eigenvalue weighted by Gasteiger charge is 2.32. The Morgan fingerprint density at radius 1 is 0.939 bits per heavy atom. The van der Waals surface area contributed by atoms with Crippen LogP contribution >= 0.6 is 0 Å². The molecule has 2 aromatic rings. The Hall–Kier alpha value is -2.90. The first kappa shape index (κ1) is 21.9. The fourth-order valence-electron chi connectivity index (χ4n) is 5.91. The lowest BCUT2D eigenvalue weighted by Gasteiger charge is -2.35. The highest BCUT2D eigenvalue weighted by molar-refractivity contribution is 6.00. The third kappa shape index (κ3) is 4.00. The first-order valence-corrected chi connectivity index (χ1v) is 12.3. The molecule has 8 nitrogen and oxygen atoms in total. The molecule has 3 amide bonds. The Balaban J connectivity index is 1.34. The highest BCUT2D eigenvalue weighted by atomic mass is 16.2. The number of carbonyl (C=O) groups is 3. The van der Waals surface area contributed by atoms with Crippen molar-refractivity contribution in [1.82, 2.24) is 19.4 Å². The molecule has 1 saturated carbocycles. The van der Waals surface area contributed by atoms with Crippen molar-refractivity contribution in [1.29, 1.82) is 0 Å². The van der Waals surface area contributed by atoms with Crippen LogP contribution in [-0.2, 0) is 21.4 Å². The molecule has 176 valence electrons. The van der Waals surface area contributed by atoms with Gasteiger partial charge in [-0.25, -0.2) is 4.79 Å². The lowest BCUT2D eigenvalue weighted by atomic mass is 9.86. The SMILES string of the molecule is Cn1c(=O)n(C2CCC(=O)NC2=O)c2ccc(C3CCN(C(=O)C4CCCCC4)CC3)cc21. The lowest BCUT2D eigenvalue weighted by Crippen LogP contribution is -2.44. The van der Waals surface area contributed by atoms with Crippen LogP contribution in [0, 0.1) is 5.92 Å². The summed E-state index contributed by atoms with van der Waals surface area (Å²) in [5.41, 5.74) is 2.43. The first-order chi connectivity index (χ1) is 15.9. The van der Waals surface area contributed by atoms with Crippen LogP contribution in [0.2, 0.25) is 0 Å². The molecule has 5 rings (SSSR count). The third-order valence-corrected chi connectivity index (χ3v) is 7.87. The van der Waals surface area contributed by atoms with E-state index in [1.807, 2.05) is 12.1 Å². The lowest BCUT2D eigenvalue weighted by molar-refractivity contribution is -0.138. The fraction of sp³-hybridized carbons (Fsp3) is 0.600. The minimum absolute atomic E-state index is 0.216. The number of carbonyl (C=O) groups excluding carboxylic acids is 3. The van der Waals surface area contributed by atoms with Gasteiger partial charge >= 0.3 is 5.69 Å². The molecule has 2 aliphatic heterocycles. The maximum absolute atomic E-state index is 13.0. The molecule has 33 heavy (non-hydrogen) atoms. The van der Waals surface area contributed by atoms with Crippen LogP contribution in [0.15, 0.2) is 23.0 Å². The van der Waals surface area contributed by atoms with Crippen molar-refractivity contribution < 1.29 is 14.4 Å². The van der Waals surface area contributed by atoms with E-state index in [0.717, 1.165) is 44.3 Å². The maximum atomic E-state index is 13.0. The number of rotatable bonds is 3. The van der Waals surface area contributed by atoms with Gasteiger partial charge in [-0.3, -0.25) is 28.8 Å². The van der Waals surface area contributed by atoms with Crippen LogP contribution in [0.4, 0.5) is 0 Å². The van der Waals surface area contributed by atoms with Crippen LogP contribution < -0.4 is 11.0 Å². The van der Waals surface area contributed by atoms with Gasteiger partial charge in [-0.05, 0) is 55.7 Å². The summed E-state index contributed by atoms with van der Waals surface area (Å²) in [5.74, 6) is 0.194. The molecular formula is C25H32N4O4. The van der Waals surface area contributed by atoms with Crippen molar-refractivity contribution in [2.45, 2.75) is 69.7 Å². The van der Waals surface area contributed by atoms with E-state index in [2.05, 4.69) is 16.3 Å². The van der Waals surface area contributed by atoms with Crippen molar-refractivity contribution in [3.05, 3.63) is 34.2 Å². The molecule has 1 unspecified atom stereocenters. The molecule has 1 N–H and O–H groups in total. The van der Waals surface area contributed by atoms with Gasteiger partial charge in [0.1, 0.15) is 6.04 Å². The van der Waals surface area contributed by atoms with Gasteiger partial charge in [0.05, 0.1) is 11.0 Å². The number of piperidine rings is 2. The van der Waals surface area contributed by atoms with E-state index in [9.17, 15) is 19.2 Å². The standard InChI is InChI=1S/C25H32N4O4/c1-27-21-15-18(16-11-13-28(14-12-16)24(32)17-5-3-2-4-6-17)7-8-19(21)29(25(27)33)20-9-10-22(30)26-23(20)31/h7-8,15-17,20H,2-6,9-14H2,1H3,(H,26,30,31). The molecule has 0 spiro atoms. The Morgan fingerprint density at radius 2 is 1.67 bits per heavy atom. The summed E-state index contributed by atoms with van der Waals surface area (Å²) < 4.78 is 3.11. The number of nitrogens with zero attached hydrogens (tertiary/aromatic N) is 3. The Bertz CT molecular complexity index is 1150. The van der Waals surface area contributed by atoms with Crippen molar-refractivity contribution in [2.75, 3.05) is 13.1 Å². The number of aryl methyl sites for hydroxylation is 1. The maximum Gasteiger partial charge on any atom is 0.329 e. The Morgan fingerprint density at radius 3 is 2.36 bits per heavy atom. The molecule has 1 atom stereocenters. The number of likely N-dealkylation sites (tertiary alicyclic amines) is 1. The van der Waals surface area contributed by atoms with E-state index in [4.69, 9.17) is 0 Å². The van der Waals surface area contributed by atoms with Crippen LogP contribution in [0.1, 0.15) is 75.3 Å². The van der Waals surface area contributed by atoms with E-state index in [-0.39, 0.29) is 23.9 Å². The number of nitrogens with one attached hydrogen (secondary N) is 1. The Labute approximate surface area is 192 Å². The second-order valence-electron chi connectivity index (χ2n) is 9.86. The molecule has 3 heterocycles. The fourth-order valence-corrected chi connectivity index (χ4v) is 5.91. The number of imide groups is 1. The number of fused-ring (bicyclic) bond motifs is 1. The summed E-state index contributed by atoms with van der Waals surface area (Å²) in [6, 6.07) is 5.37. The molecule has 0 bridgehead atoms. The molecule has 3 fully saturated rings. The summed E-state index contributed by atoms with van der Waals surface area (Å²) in [6.07, 6.45) is 8.07. The number of benzene rings is 1. The van der Waals surface area contributed by atoms with Crippen molar-refractivity contribution in [2.24, 2.45) is 13.0 Å². The monoisotopic (exact) mass is 452 g/mol. The minimum Gasteiger partial charge on any atom is -0.342 e. The molecule has 0 radical (unpaired) electrons. The zero-order chi connectivity index (χ0) is 23.1. The van der Waals surface area contributed by atoms with E-state index >= 15 is 0 Å². The predicted octanol–water partition coefficient (Wildman–Crippen LogP) is 2.60. The number of hydrogen-bond acceptors (Lipinski definition) is 4. The second kappa shape index (κ2) is 8.80. The van der Waals surface area contributed by atoms with E-state index < -0.39 is 11.9 Å². The largest absolute Gasteiger partial charge is 0.342 e. The molecule has 1 aliphatic carbocycles. The third-order valence-electron chi connectivity index (χ3n) is 7.87. The van der Waals surface area contributed by atoms with Gasteiger partial charge in [0, 0.05) is 32.5 Å². The van der Waals surface area contributed by atoms with Crippen LogP contribution in [0.25, 0.3) is 11.0 Å². The number of amides is 3. The molecule has 8 heteroatoms. The van der Waals surface area contributed by atoms with E-state index in [1.54, 1.807) is 11.6 Å². The van der Waals surface area contributed by atoms with Crippen molar-refractivity contribution in [3.8, 4) is 0 Å². The van der Waals surface area contributed by atoms with Crippen molar-refractivity contribution in [3.63, 3.8) is 0 Å². The number of hydrogen-bond donors (Lipinski definition) is 1. The number of imidazole rings is 1. The van der Waals surface area contributed by atoms with Gasteiger partial charge in [-0.2, -0.15) is 0 Å². The van der Waals surface area contributed by atoms with Gasteiger partial charge in [0.2, 0.25) is 17.7 Å². The molecule has 1 aromatic heterocycles. The van der Waals surface area contributed by atoms with E-state index in [1.165, 1.54) is 29.4 Å². The van der Waals surface area contributed by atoms with Crippen LogP contribution in [0.5, 0.6) is 0 Å². The van der Waals surface area contributed by atoms with Gasteiger partial charge in [-0.15, -0.1) is 0 Å². The van der Waals surface area contributed by atoms with E-state index in [0.29, 0.717) is 23.8 Å². The second-order valence-corrected chi connectivity index (χ2v) is 9.86. The first-order valence-electron chi connectivity index (χ1n) is 12.3. The highest BCUT2D eigenvalue weighted by Crippen LogP contribution is 2.33. The van der Waals surface area contributed by atoms with Crippen LogP contribution in [0.3, 0.4) is 0 Å². The van der Waals surface area contributed by atoms with Gasteiger partial charge in [0.25, 0.3) is 0 Å². The van der Waals surface area contributed by atoms with Crippen molar-refractivity contribution >= 4 is 28.8 Å². The summed E-state index contributed by atoms with van der Waals surface area (Å²) in [7, 11) is 1.72. The zero-order valence-corrected chi connectivity index (χ0v) is 19.2. The topological polar surface area (TPSA) is 93.4 Å². The summed E-state index contributed by atoms with van der Waals surface area (Å²) in [4.78, 5) is 51.8. The smallest absolute Gasteiger partial charge is 0.329 e. The molecule has 2 saturated heterocycles. The zero-order valence-electron chi connectivity index (χ0n) is 19.2. The van der Waals surface area contributed by atoms with Gasteiger partial charge in [-0.1, -0.05) is 25.3 Å². The molecule has 3 aliphatic rings. The summed E-state index contributed by atoms with van der Waals surface area (Å²) >= 11 is 0. The normalized spacial score (nSPS) is 23.2. The van der Waals surface area contributed by atoms with Crippen LogP contribution in [-0.4, -0.2) is 44.8 Å². The van der Waals surface area contributed by atoms with Gasteiger partial charge in [0.15, 0.2) is 0 Å². The predicted molar refractivity (Wildman–Crippen MR) is 124 cm³/mol. The number of aromatic nitrogens is 2. The Kier molecular flexibility index (Phi) is 5.85. The average Bonchev–Trinajstić information content (AvgIpc) is 3.09. The quantitative estimate of drug-likeness (QED) is 0.725. The summed E-state index contributed by atoms with van der Waals surface area (Å²) in [5, 5.41) is 2.35. The average molecular weight is 453 g/mol. The summed E-state index contributed by atoms with van der Waals surface area (Å²) in [6.45, 7) is 1.57.